The minimum absolute atomic E-state index is 0.343. The van der Waals surface area contributed by atoms with E-state index in [9.17, 15) is 0 Å². The highest BCUT2D eigenvalue weighted by atomic mass is 35.5. The van der Waals surface area contributed by atoms with Gasteiger partial charge in [0.2, 0.25) is 0 Å². The van der Waals surface area contributed by atoms with E-state index in [0.29, 0.717) is 17.6 Å². The summed E-state index contributed by atoms with van der Waals surface area (Å²) in [6, 6.07) is 7.93. The van der Waals surface area contributed by atoms with Crippen LogP contribution in [0.2, 0.25) is 0 Å². The van der Waals surface area contributed by atoms with E-state index >= 15 is 0 Å². The fourth-order valence-electron chi connectivity index (χ4n) is 1.78. The second-order valence-electron chi connectivity index (χ2n) is 4.43. The van der Waals surface area contributed by atoms with E-state index in [4.69, 9.17) is 20.9 Å². The van der Waals surface area contributed by atoms with Crippen molar-refractivity contribution in [2.75, 3.05) is 7.11 Å². The summed E-state index contributed by atoms with van der Waals surface area (Å²) >= 11 is 5.73. The van der Waals surface area contributed by atoms with Crippen LogP contribution in [-0.2, 0) is 5.88 Å². The van der Waals surface area contributed by atoms with Gasteiger partial charge < -0.3 is 9.26 Å². The molecular weight excluding hydrogens is 250 g/mol. The molecule has 0 aliphatic heterocycles. The monoisotopic (exact) mass is 265 g/mol. The predicted octanol–water partition coefficient (Wildman–Crippen LogP) is 4.21. The van der Waals surface area contributed by atoms with Crippen LogP contribution in [0.3, 0.4) is 0 Å². The molecule has 0 saturated carbocycles. The average Bonchev–Trinajstić information content (AvgIpc) is 2.86. The highest BCUT2D eigenvalue weighted by Gasteiger charge is 2.13. The Bertz CT molecular complexity index is 534. The molecule has 2 aromatic rings. The Morgan fingerprint density at radius 1 is 1.33 bits per heavy atom. The topological polar surface area (TPSA) is 35.3 Å². The molecule has 0 aliphatic carbocycles. The van der Waals surface area contributed by atoms with Crippen molar-refractivity contribution >= 4 is 11.6 Å². The Balaban J connectivity index is 2.49. The number of alkyl halides is 1. The van der Waals surface area contributed by atoms with Crippen molar-refractivity contribution in [2.24, 2.45) is 0 Å². The minimum Gasteiger partial charge on any atom is -0.496 e. The lowest BCUT2D eigenvalue weighted by Crippen LogP contribution is -1.92. The van der Waals surface area contributed by atoms with Crippen molar-refractivity contribution in [1.29, 1.82) is 0 Å². The minimum atomic E-state index is 0.343. The summed E-state index contributed by atoms with van der Waals surface area (Å²) in [7, 11) is 1.65. The lowest BCUT2D eigenvalue weighted by molar-refractivity contribution is 0.404. The van der Waals surface area contributed by atoms with E-state index in [-0.39, 0.29) is 0 Å². The zero-order valence-corrected chi connectivity index (χ0v) is 11.5. The van der Waals surface area contributed by atoms with E-state index in [1.54, 1.807) is 7.11 Å². The molecule has 2 rings (SSSR count). The summed E-state index contributed by atoms with van der Waals surface area (Å²) in [5, 5.41) is 3.90. The first-order valence-electron chi connectivity index (χ1n) is 5.85. The molecule has 0 bridgehead atoms. The van der Waals surface area contributed by atoms with Gasteiger partial charge in [0.15, 0.2) is 5.76 Å². The van der Waals surface area contributed by atoms with Gasteiger partial charge in [0.1, 0.15) is 5.75 Å². The van der Waals surface area contributed by atoms with Gasteiger partial charge in [-0.15, -0.1) is 11.6 Å². The van der Waals surface area contributed by atoms with Crippen LogP contribution >= 0.6 is 11.6 Å². The number of hydrogen-bond acceptors (Lipinski definition) is 3. The number of halogens is 1. The number of methoxy groups -OCH3 is 1. The van der Waals surface area contributed by atoms with E-state index < -0.39 is 0 Å². The number of hydrogen-bond donors (Lipinski definition) is 0. The van der Waals surface area contributed by atoms with Crippen LogP contribution in [0.5, 0.6) is 5.75 Å². The van der Waals surface area contributed by atoms with Gasteiger partial charge in [-0.05, 0) is 23.6 Å². The van der Waals surface area contributed by atoms with Crippen LogP contribution in [0.4, 0.5) is 0 Å². The SMILES string of the molecule is COc1ccc(C(C)C)cc1-c1cc(CCl)no1. The van der Waals surface area contributed by atoms with Crippen molar-refractivity contribution in [3.8, 4) is 17.1 Å². The Morgan fingerprint density at radius 2 is 2.11 bits per heavy atom. The van der Waals surface area contributed by atoms with Gasteiger partial charge in [0.25, 0.3) is 0 Å². The second kappa shape index (κ2) is 5.44. The molecule has 0 atom stereocenters. The van der Waals surface area contributed by atoms with Crippen molar-refractivity contribution in [3.63, 3.8) is 0 Å². The molecule has 1 heterocycles. The number of aromatic nitrogens is 1. The number of rotatable bonds is 4. The Kier molecular flexibility index (Phi) is 3.92. The summed E-state index contributed by atoms with van der Waals surface area (Å²) in [4.78, 5) is 0. The fraction of sp³-hybridized carbons (Fsp3) is 0.357. The lowest BCUT2D eigenvalue weighted by Gasteiger charge is -2.10. The van der Waals surface area contributed by atoms with E-state index in [2.05, 4.69) is 31.1 Å². The van der Waals surface area contributed by atoms with Gasteiger partial charge in [-0.2, -0.15) is 0 Å². The van der Waals surface area contributed by atoms with Crippen molar-refractivity contribution in [2.45, 2.75) is 25.6 Å². The zero-order chi connectivity index (χ0) is 13.1. The molecular formula is C14H16ClNO2. The smallest absolute Gasteiger partial charge is 0.170 e. The van der Waals surface area contributed by atoms with Gasteiger partial charge in [-0.1, -0.05) is 25.1 Å². The van der Waals surface area contributed by atoms with Gasteiger partial charge in [0, 0.05) is 6.07 Å². The molecule has 3 nitrogen and oxygen atoms in total. The van der Waals surface area contributed by atoms with E-state index in [1.807, 2.05) is 12.1 Å². The summed E-state index contributed by atoms with van der Waals surface area (Å²) in [5.41, 5.74) is 2.87. The maximum atomic E-state index is 5.73. The maximum absolute atomic E-state index is 5.73. The molecule has 1 aromatic carbocycles. The molecule has 18 heavy (non-hydrogen) atoms. The van der Waals surface area contributed by atoms with Gasteiger partial charge in [-0.3, -0.25) is 0 Å². The molecule has 0 amide bonds. The molecule has 96 valence electrons. The first-order chi connectivity index (χ1) is 8.65. The van der Waals surface area contributed by atoms with Gasteiger partial charge >= 0.3 is 0 Å². The quantitative estimate of drug-likeness (QED) is 0.777. The van der Waals surface area contributed by atoms with Crippen molar-refractivity contribution in [3.05, 3.63) is 35.5 Å². The summed E-state index contributed by atoms with van der Waals surface area (Å²) < 4.78 is 10.7. The zero-order valence-electron chi connectivity index (χ0n) is 10.7. The van der Waals surface area contributed by atoms with E-state index in [1.165, 1.54) is 5.56 Å². The molecule has 0 spiro atoms. The highest BCUT2D eigenvalue weighted by molar-refractivity contribution is 6.16. The molecule has 1 aromatic heterocycles. The van der Waals surface area contributed by atoms with Crippen LogP contribution in [0, 0.1) is 0 Å². The number of ether oxygens (including phenoxy) is 1. The van der Waals surface area contributed by atoms with Crippen LogP contribution in [0.15, 0.2) is 28.8 Å². The van der Waals surface area contributed by atoms with Crippen LogP contribution in [0.1, 0.15) is 31.0 Å². The highest BCUT2D eigenvalue weighted by Crippen LogP contribution is 2.33. The number of benzene rings is 1. The van der Waals surface area contributed by atoms with Crippen molar-refractivity contribution in [1.82, 2.24) is 5.16 Å². The summed E-state index contributed by atoms with van der Waals surface area (Å²) in [6.07, 6.45) is 0. The number of nitrogens with zero attached hydrogens (tertiary/aromatic N) is 1. The maximum Gasteiger partial charge on any atom is 0.170 e. The van der Waals surface area contributed by atoms with E-state index in [0.717, 1.165) is 17.0 Å². The van der Waals surface area contributed by atoms with Crippen LogP contribution < -0.4 is 4.74 Å². The molecule has 0 N–H and O–H groups in total. The van der Waals surface area contributed by atoms with Crippen LogP contribution in [-0.4, -0.2) is 12.3 Å². The summed E-state index contributed by atoms with van der Waals surface area (Å²) in [6.45, 7) is 4.30. The molecule has 0 radical (unpaired) electrons. The largest absolute Gasteiger partial charge is 0.496 e. The van der Waals surface area contributed by atoms with Gasteiger partial charge in [0.05, 0.1) is 24.2 Å². The second-order valence-corrected chi connectivity index (χ2v) is 4.70. The molecule has 4 heteroatoms. The normalized spacial score (nSPS) is 10.9. The Labute approximate surface area is 112 Å². The Hall–Kier alpha value is -1.48. The molecule has 0 fully saturated rings. The third-order valence-corrected chi connectivity index (χ3v) is 3.13. The molecule has 0 saturated heterocycles. The fourth-order valence-corrected chi connectivity index (χ4v) is 1.90. The van der Waals surface area contributed by atoms with Crippen LogP contribution in [0.25, 0.3) is 11.3 Å². The average molecular weight is 266 g/mol. The Morgan fingerprint density at radius 3 is 2.67 bits per heavy atom. The first-order valence-corrected chi connectivity index (χ1v) is 6.39. The summed E-state index contributed by atoms with van der Waals surface area (Å²) in [5.74, 6) is 2.25. The molecule has 0 unspecified atom stereocenters. The van der Waals surface area contributed by atoms with Crippen molar-refractivity contribution < 1.29 is 9.26 Å². The predicted molar refractivity (Wildman–Crippen MR) is 72.1 cm³/mol. The third kappa shape index (κ3) is 2.51. The van der Waals surface area contributed by atoms with Gasteiger partial charge in [-0.25, -0.2) is 0 Å². The third-order valence-electron chi connectivity index (χ3n) is 2.85. The lowest BCUT2D eigenvalue weighted by atomic mass is 9.99. The molecule has 0 aliphatic rings. The standard InChI is InChI=1S/C14H16ClNO2/c1-9(2)10-4-5-13(17-3)12(6-10)14-7-11(8-15)16-18-14/h4-7,9H,8H2,1-3H3. The first kappa shape index (κ1) is 13.0.